The van der Waals surface area contributed by atoms with Gasteiger partial charge in [-0.3, -0.25) is 4.79 Å². The molecule has 0 radical (unpaired) electrons. The summed E-state index contributed by atoms with van der Waals surface area (Å²) >= 11 is 0. The third-order valence-corrected chi connectivity index (χ3v) is 3.67. The molecule has 0 bridgehead atoms. The highest BCUT2D eigenvalue weighted by atomic mass is 16.7. The van der Waals surface area contributed by atoms with Crippen molar-refractivity contribution in [2.75, 3.05) is 25.4 Å². The average molecular weight is 313 g/mol. The molecule has 1 aliphatic rings. The molecule has 5 nitrogen and oxygen atoms in total. The van der Waals surface area contributed by atoms with Crippen LogP contribution in [-0.2, 0) is 16.1 Å². The van der Waals surface area contributed by atoms with Gasteiger partial charge >= 0.3 is 0 Å². The topological polar surface area (TPSA) is 48.0 Å². The summed E-state index contributed by atoms with van der Waals surface area (Å²) in [5, 5.41) is 0. The van der Waals surface area contributed by atoms with E-state index in [-0.39, 0.29) is 12.7 Å². The Morgan fingerprint density at radius 3 is 2.70 bits per heavy atom. The number of nitrogens with zero attached hydrogens (tertiary/aromatic N) is 1. The van der Waals surface area contributed by atoms with Crippen LogP contribution in [0.3, 0.4) is 0 Å². The van der Waals surface area contributed by atoms with Gasteiger partial charge in [-0.1, -0.05) is 24.3 Å². The fourth-order valence-electron chi connectivity index (χ4n) is 2.48. The van der Waals surface area contributed by atoms with E-state index >= 15 is 0 Å². The van der Waals surface area contributed by atoms with Crippen LogP contribution in [0.1, 0.15) is 12.0 Å². The molecule has 2 aromatic carbocycles. The zero-order chi connectivity index (χ0) is 16.1. The molecule has 0 N–H and O–H groups in total. The quantitative estimate of drug-likeness (QED) is 0.822. The number of carbonyl (C=O) groups excluding carboxylic acids is 1. The second kappa shape index (κ2) is 7.15. The first-order chi connectivity index (χ1) is 11.3. The molecule has 0 spiro atoms. The standard InChI is InChI=1S/C18H19NO4/c1-21-10-9-18(20)19(15-5-3-2-4-6-15)12-14-7-8-16-17(11-14)23-13-22-16/h2-8,11H,9-10,12-13H2,1H3. The zero-order valence-corrected chi connectivity index (χ0v) is 13.0. The third kappa shape index (κ3) is 3.63. The van der Waals surface area contributed by atoms with Crippen LogP contribution in [0.15, 0.2) is 48.5 Å². The first kappa shape index (κ1) is 15.4. The van der Waals surface area contributed by atoms with Crippen molar-refractivity contribution in [3.05, 3.63) is 54.1 Å². The number of fused-ring (bicyclic) bond motifs is 1. The van der Waals surface area contributed by atoms with E-state index in [0.29, 0.717) is 19.6 Å². The van der Waals surface area contributed by atoms with Crippen LogP contribution in [-0.4, -0.2) is 26.4 Å². The van der Waals surface area contributed by atoms with Crippen molar-refractivity contribution in [1.82, 2.24) is 0 Å². The largest absolute Gasteiger partial charge is 0.454 e. The minimum absolute atomic E-state index is 0.0238. The fraction of sp³-hybridized carbons (Fsp3) is 0.278. The zero-order valence-electron chi connectivity index (χ0n) is 13.0. The smallest absolute Gasteiger partial charge is 0.231 e. The molecule has 0 fully saturated rings. The molecular weight excluding hydrogens is 294 g/mol. The van der Waals surface area contributed by atoms with Crippen LogP contribution in [0, 0.1) is 0 Å². The molecule has 1 aliphatic heterocycles. The summed E-state index contributed by atoms with van der Waals surface area (Å²) in [6.45, 7) is 1.13. The Hall–Kier alpha value is -2.53. The number of hydrogen-bond acceptors (Lipinski definition) is 4. The van der Waals surface area contributed by atoms with Crippen molar-refractivity contribution >= 4 is 11.6 Å². The van der Waals surface area contributed by atoms with Gasteiger partial charge < -0.3 is 19.1 Å². The second-order valence-electron chi connectivity index (χ2n) is 5.25. The number of para-hydroxylation sites is 1. The molecule has 5 heteroatoms. The summed E-state index contributed by atoms with van der Waals surface area (Å²) < 4.78 is 15.8. The normalized spacial score (nSPS) is 12.2. The Morgan fingerprint density at radius 2 is 1.91 bits per heavy atom. The van der Waals surface area contributed by atoms with Gasteiger partial charge in [-0.15, -0.1) is 0 Å². The Kier molecular flexibility index (Phi) is 4.78. The van der Waals surface area contributed by atoms with Crippen molar-refractivity contribution in [1.29, 1.82) is 0 Å². The SMILES string of the molecule is COCCC(=O)N(Cc1ccc2c(c1)OCO2)c1ccccc1. The van der Waals surface area contributed by atoms with Crippen LogP contribution in [0.2, 0.25) is 0 Å². The maximum atomic E-state index is 12.5. The van der Waals surface area contributed by atoms with E-state index in [1.54, 1.807) is 12.0 Å². The van der Waals surface area contributed by atoms with Crippen LogP contribution in [0.4, 0.5) is 5.69 Å². The van der Waals surface area contributed by atoms with Gasteiger partial charge in [0.1, 0.15) is 0 Å². The van der Waals surface area contributed by atoms with Gasteiger partial charge in [-0.05, 0) is 29.8 Å². The first-order valence-corrected chi connectivity index (χ1v) is 7.51. The number of anilines is 1. The molecular formula is C18H19NO4. The van der Waals surface area contributed by atoms with E-state index in [0.717, 1.165) is 22.7 Å². The number of rotatable bonds is 6. The summed E-state index contributed by atoms with van der Waals surface area (Å²) in [5.74, 6) is 1.49. The highest BCUT2D eigenvalue weighted by molar-refractivity contribution is 5.93. The van der Waals surface area contributed by atoms with Crippen molar-refractivity contribution in [2.24, 2.45) is 0 Å². The maximum absolute atomic E-state index is 12.5. The van der Waals surface area contributed by atoms with Crippen molar-refractivity contribution in [3.8, 4) is 11.5 Å². The van der Waals surface area contributed by atoms with Gasteiger partial charge in [0.2, 0.25) is 12.7 Å². The highest BCUT2D eigenvalue weighted by Crippen LogP contribution is 2.33. The molecule has 120 valence electrons. The van der Waals surface area contributed by atoms with Crippen LogP contribution in [0.25, 0.3) is 0 Å². The van der Waals surface area contributed by atoms with Crippen LogP contribution >= 0.6 is 0 Å². The predicted molar refractivity (Wildman–Crippen MR) is 86.7 cm³/mol. The molecule has 23 heavy (non-hydrogen) atoms. The molecule has 1 heterocycles. The molecule has 0 unspecified atom stereocenters. The number of benzene rings is 2. The van der Waals surface area contributed by atoms with Crippen molar-refractivity contribution in [2.45, 2.75) is 13.0 Å². The number of hydrogen-bond donors (Lipinski definition) is 0. The average Bonchev–Trinajstić information content (AvgIpc) is 3.06. The van der Waals surface area contributed by atoms with Crippen molar-refractivity contribution < 1.29 is 19.0 Å². The van der Waals surface area contributed by atoms with E-state index in [4.69, 9.17) is 14.2 Å². The number of amides is 1. The Morgan fingerprint density at radius 1 is 1.13 bits per heavy atom. The Balaban J connectivity index is 1.82. The lowest BCUT2D eigenvalue weighted by atomic mass is 10.1. The summed E-state index contributed by atoms with van der Waals surface area (Å²) in [6, 6.07) is 15.4. The van der Waals surface area contributed by atoms with Crippen LogP contribution in [0.5, 0.6) is 11.5 Å². The lowest BCUT2D eigenvalue weighted by Gasteiger charge is -2.23. The van der Waals surface area contributed by atoms with Gasteiger partial charge in [0.05, 0.1) is 19.6 Å². The van der Waals surface area contributed by atoms with Crippen LogP contribution < -0.4 is 14.4 Å². The van der Waals surface area contributed by atoms with E-state index in [2.05, 4.69) is 0 Å². The third-order valence-electron chi connectivity index (χ3n) is 3.67. The van der Waals surface area contributed by atoms with Crippen molar-refractivity contribution in [3.63, 3.8) is 0 Å². The maximum Gasteiger partial charge on any atom is 0.231 e. The first-order valence-electron chi connectivity index (χ1n) is 7.51. The predicted octanol–water partition coefficient (Wildman–Crippen LogP) is 2.99. The minimum Gasteiger partial charge on any atom is -0.454 e. The molecule has 0 saturated heterocycles. The molecule has 1 amide bonds. The van der Waals surface area contributed by atoms with E-state index in [1.165, 1.54) is 0 Å². The lowest BCUT2D eigenvalue weighted by Crippen LogP contribution is -2.31. The molecule has 0 aromatic heterocycles. The number of methoxy groups -OCH3 is 1. The number of carbonyl (C=O) groups is 1. The Labute approximate surface area is 135 Å². The summed E-state index contributed by atoms with van der Waals surface area (Å²) in [5.41, 5.74) is 1.86. The van der Waals surface area contributed by atoms with E-state index in [9.17, 15) is 4.79 Å². The minimum atomic E-state index is 0.0238. The van der Waals surface area contributed by atoms with Gasteiger partial charge in [-0.2, -0.15) is 0 Å². The summed E-state index contributed by atoms with van der Waals surface area (Å²) in [6.07, 6.45) is 0.343. The van der Waals surface area contributed by atoms with E-state index < -0.39 is 0 Å². The lowest BCUT2D eigenvalue weighted by molar-refractivity contribution is -0.119. The molecule has 2 aromatic rings. The Bertz CT molecular complexity index is 672. The molecule has 0 atom stereocenters. The highest BCUT2D eigenvalue weighted by Gasteiger charge is 2.18. The second-order valence-corrected chi connectivity index (χ2v) is 5.25. The summed E-state index contributed by atoms with van der Waals surface area (Å²) in [7, 11) is 1.60. The fourth-order valence-corrected chi connectivity index (χ4v) is 2.48. The van der Waals surface area contributed by atoms with Gasteiger partial charge in [0, 0.05) is 12.8 Å². The van der Waals surface area contributed by atoms with E-state index in [1.807, 2.05) is 48.5 Å². The van der Waals surface area contributed by atoms with Gasteiger partial charge in [-0.25, -0.2) is 0 Å². The molecule has 0 aliphatic carbocycles. The number of ether oxygens (including phenoxy) is 3. The summed E-state index contributed by atoms with van der Waals surface area (Å²) in [4.78, 5) is 14.3. The molecule has 3 rings (SSSR count). The molecule has 0 saturated carbocycles. The van der Waals surface area contributed by atoms with Gasteiger partial charge in [0.15, 0.2) is 11.5 Å². The van der Waals surface area contributed by atoms with Gasteiger partial charge in [0.25, 0.3) is 0 Å². The monoisotopic (exact) mass is 313 g/mol.